The molecule has 14 heavy (non-hydrogen) atoms. The van der Waals surface area contributed by atoms with Crippen molar-refractivity contribution in [2.45, 2.75) is 6.92 Å². The number of carbonyl (C=O) groups is 1. The molecule has 1 N–H and O–H groups in total. The predicted octanol–water partition coefficient (Wildman–Crippen LogP) is 1.66. The third-order valence-electron chi connectivity index (χ3n) is 2.27. The van der Waals surface area contributed by atoms with Gasteiger partial charge in [-0.05, 0) is 18.6 Å². The lowest BCUT2D eigenvalue weighted by Crippen LogP contribution is -2.23. The van der Waals surface area contributed by atoms with Gasteiger partial charge in [-0.3, -0.25) is 4.90 Å². The molecule has 1 heterocycles. The van der Waals surface area contributed by atoms with Gasteiger partial charge >= 0.3 is 6.09 Å². The second-order valence-electron chi connectivity index (χ2n) is 3.24. The fourth-order valence-electron chi connectivity index (χ4n) is 1.39. The number of nitrogens with zero attached hydrogens (tertiary/aromatic N) is 1. The highest BCUT2D eigenvalue weighted by atomic mass is 16.6. The van der Waals surface area contributed by atoms with Crippen molar-refractivity contribution in [3.8, 4) is 5.75 Å². The van der Waals surface area contributed by atoms with Crippen LogP contribution >= 0.6 is 0 Å². The van der Waals surface area contributed by atoms with E-state index in [1.165, 1.54) is 4.90 Å². The van der Waals surface area contributed by atoms with Gasteiger partial charge in [-0.15, -0.1) is 0 Å². The molecule has 0 saturated carbocycles. The summed E-state index contributed by atoms with van der Waals surface area (Å²) in [6, 6.07) is 5.14. The number of phenols is 1. The van der Waals surface area contributed by atoms with Gasteiger partial charge in [0.15, 0.2) is 0 Å². The fraction of sp³-hybridized carbons (Fsp3) is 0.300. The van der Waals surface area contributed by atoms with Gasteiger partial charge in [0.25, 0.3) is 0 Å². The zero-order valence-corrected chi connectivity index (χ0v) is 7.86. The average molecular weight is 193 g/mol. The lowest BCUT2D eigenvalue weighted by atomic mass is 10.2. The Labute approximate surface area is 81.7 Å². The van der Waals surface area contributed by atoms with Gasteiger partial charge < -0.3 is 9.84 Å². The molecule has 0 bridgehead atoms. The second kappa shape index (κ2) is 3.21. The number of hydrogen-bond acceptors (Lipinski definition) is 3. The SMILES string of the molecule is Cc1ccc(N2CCOC2=O)cc1O. The van der Waals surface area contributed by atoms with Crippen LogP contribution in [0.3, 0.4) is 0 Å². The van der Waals surface area contributed by atoms with Gasteiger partial charge in [0.2, 0.25) is 0 Å². The Morgan fingerprint density at radius 3 is 2.86 bits per heavy atom. The molecule has 1 amide bonds. The molecule has 4 nitrogen and oxygen atoms in total. The Morgan fingerprint density at radius 2 is 2.29 bits per heavy atom. The van der Waals surface area contributed by atoms with Crippen LogP contribution in [0, 0.1) is 6.92 Å². The van der Waals surface area contributed by atoms with Gasteiger partial charge in [-0.2, -0.15) is 0 Å². The number of benzene rings is 1. The number of rotatable bonds is 1. The van der Waals surface area contributed by atoms with Crippen molar-refractivity contribution in [3.05, 3.63) is 23.8 Å². The lowest BCUT2D eigenvalue weighted by molar-refractivity contribution is 0.181. The Balaban J connectivity index is 2.32. The van der Waals surface area contributed by atoms with E-state index < -0.39 is 0 Å². The zero-order chi connectivity index (χ0) is 10.1. The third kappa shape index (κ3) is 1.39. The van der Waals surface area contributed by atoms with Crippen LogP contribution in [0.25, 0.3) is 0 Å². The van der Waals surface area contributed by atoms with E-state index in [1.54, 1.807) is 25.1 Å². The first-order valence-corrected chi connectivity index (χ1v) is 4.42. The van der Waals surface area contributed by atoms with Gasteiger partial charge in [-0.25, -0.2) is 4.79 Å². The van der Waals surface area contributed by atoms with E-state index in [2.05, 4.69) is 0 Å². The minimum absolute atomic E-state index is 0.196. The van der Waals surface area contributed by atoms with E-state index >= 15 is 0 Å². The number of cyclic esters (lactones) is 1. The maximum absolute atomic E-state index is 11.2. The van der Waals surface area contributed by atoms with Crippen molar-refractivity contribution in [2.24, 2.45) is 0 Å². The fourth-order valence-corrected chi connectivity index (χ4v) is 1.39. The Hall–Kier alpha value is -1.71. The first-order chi connectivity index (χ1) is 6.68. The zero-order valence-electron chi connectivity index (χ0n) is 7.86. The highest BCUT2D eigenvalue weighted by Gasteiger charge is 2.23. The minimum atomic E-state index is -0.353. The highest BCUT2D eigenvalue weighted by molar-refractivity contribution is 5.89. The lowest BCUT2D eigenvalue weighted by Gasteiger charge is -2.13. The summed E-state index contributed by atoms with van der Waals surface area (Å²) in [6.07, 6.45) is -0.353. The summed E-state index contributed by atoms with van der Waals surface area (Å²) >= 11 is 0. The molecule has 1 saturated heterocycles. The normalized spacial score (nSPS) is 15.8. The number of aromatic hydroxyl groups is 1. The minimum Gasteiger partial charge on any atom is -0.508 e. The van der Waals surface area contributed by atoms with E-state index in [9.17, 15) is 9.90 Å². The summed E-state index contributed by atoms with van der Waals surface area (Å²) in [6.45, 7) is 2.76. The third-order valence-corrected chi connectivity index (χ3v) is 2.27. The molecule has 4 heteroatoms. The average Bonchev–Trinajstić information content (AvgIpc) is 2.57. The molecule has 1 aliphatic rings. The molecule has 1 fully saturated rings. The maximum atomic E-state index is 11.2. The van der Waals surface area contributed by atoms with Crippen LogP contribution in [0.1, 0.15) is 5.56 Å². The number of ether oxygens (including phenoxy) is 1. The summed E-state index contributed by atoms with van der Waals surface area (Å²) < 4.78 is 4.80. The number of anilines is 1. The summed E-state index contributed by atoms with van der Waals surface area (Å²) in [5.74, 6) is 0.196. The van der Waals surface area contributed by atoms with E-state index in [4.69, 9.17) is 4.74 Å². The molecule has 1 aliphatic heterocycles. The van der Waals surface area contributed by atoms with Crippen LogP contribution in [-0.2, 0) is 4.74 Å². The number of aryl methyl sites for hydroxylation is 1. The van der Waals surface area contributed by atoms with Gasteiger partial charge in [0, 0.05) is 6.07 Å². The van der Waals surface area contributed by atoms with Crippen molar-refractivity contribution in [1.82, 2.24) is 0 Å². The van der Waals surface area contributed by atoms with E-state index in [0.29, 0.717) is 18.8 Å². The van der Waals surface area contributed by atoms with Crippen molar-refractivity contribution < 1.29 is 14.6 Å². The molecule has 1 aromatic carbocycles. The van der Waals surface area contributed by atoms with Crippen LogP contribution in [0.2, 0.25) is 0 Å². The molecule has 0 atom stereocenters. The summed E-state index contributed by atoms with van der Waals surface area (Å²) in [7, 11) is 0. The molecule has 0 aliphatic carbocycles. The molecule has 2 rings (SSSR count). The standard InChI is InChI=1S/C10H11NO3/c1-7-2-3-8(6-9(7)12)11-4-5-14-10(11)13/h2-3,6,12H,4-5H2,1H3. The first kappa shape index (κ1) is 8.87. The van der Waals surface area contributed by atoms with Gasteiger partial charge in [-0.1, -0.05) is 6.07 Å². The second-order valence-corrected chi connectivity index (χ2v) is 3.24. The van der Waals surface area contributed by atoms with Gasteiger partial charge in [0.05, 0.1) is 12.2 Å². The molecular weight excluding hydrogens is 182 g/mol. The van der Waals surface area contributed by atoms with E-state index in [0.717, 1.165) is 5.56 Å². The molecule has 1 aromatic rings. The first-order valence-electron chi connectivity index (χ1n) is 4.42. The maximum Gasteiger partial charge on any atom is 0.414 e. The highest BCUT2D eigenvalue weighted by Crippen LogP contribution is 2.25. The van der Waals surface area contributed by atoms with Crippen molar-refractivity contribution in [2.75, 3.05) is 18.1 Å². The Bertz CT molecular complexity index is 376. The van der Waals surface area contributed by atoms with Crippen molar-refractivity contribution in [1.29, 1.82) is 0 Å². The summed E-state index contributed by atoms with van der Waals surface area (Å²) in [4.78, 5) is 12.7. The smallest absolute Gasteiger partial charge is 0.414 e. The molecule has 0 spiro atoms. The summed E-state index contributed by atoms with van der Waals surface area (Å²) in [5.41, 5.74) is 1.47. The van der Waals surface area contributed by atoms with Crippen molar-refractivity contribution >= 4 is 11.8 Å². The van der Waals surface area contributed by atoms with E-state index in [1.807, 2.05) is 0 Å². The Morgan fingerprint density at radius 1 is 1.50 bits per heavy atom. The number of phenolic OH excluding ortho intramolecular Hbond substituents is 1. The molecule has 0 unspecified atom stereocenters. The number of amides is 1. The monoisotopic (exact) mass is 193 g/mol. The quantitative estimate of drug-likeness (QED) is 0.737. The van der Waals surface area contributed by atoms with Gasteiger partial charge in [0.1, 0.15) is 12.4 Å². The van der Waals surface area contributed by atoms with Crippen LogP contribution < -0.4 is 4.90 Å². The molecule has 0 aromatic heterocycles. The Kier molecular flexibility index (Phi) is 2.04. The van der Waals surface area contributed by atoms with Crippen LogP contribution in [0.15, 0.2) is 18.2 Å². The summed E-state index contributed by atoms with van der Waals surface area (Å²) in [5, 5.41) is 9.47. The largest absolute Gasteiger partial charge is 0.508 e. The van der Waals surface area contributed by atoms with Crippen LogP contribution in [0.5, 0.6) is 5.75 Å². The van der Waals surface area contributed by atoms with Crippen molar-refractivity contribution in [3.63, 3.8) is 0 Å². The number of carbonyl (C=O) groups excluding carboxylic acids is 1. The molecular formula is C10H11NO3. The number of hydrogen-bond donors (Lipinski definition) is 1. The molecule has 74 valence electrons. The molecule has 0 radical (unpaired) electrons. The van der Waals surface area contributed by atoms with Crippen LogP contribution in [-0.4, -0.2) is 24.4 Å². The predicted molar refractivity (Wildman–Crippen MR) is 51.5 cm³/mol. The topological polar surface area (TPSA) is 49.8 Å². The van der Waals surface area contributed by atoms with Crippen LogP contribution in [0.4, 0.5) is 10.5 Å². The van der Waals surface area contributed by atoms with E-state index in [-0.39, 0.29) is 11.8 Å².